The van der Waals surface area contributed by atoms with E-state index in [2.05, 4.69) is 25.2 Å². The van der Waals surface area contributed by atoms with E-state index in [1.165, 1.54) is 0 Å². The number of dihydropyridines is 1. The summed E-state index contributed by atoms with van der Waals surface area (Å²) in [5.74, 6) is 0.285. The topological polar surface area (TPSA) is 62.1 Å². The Kier molecular flexibility index (Phi) is 4.38. The minimum Gasteiger partial charge on any atom is -0.495 e. The normalized spacial score (nSPS) is 22.2. The summed E-state index contributed by atoms with van der Waals surface area (Å²) in [6.07, 6.45) is 1.26. The number of hydrogen-bond acceptors (Lipinski definition) is 4. The van der Waals surface area contributed by atoms with Gasteiger partial charge in [-0.25, -0.2) is 0 Å². The van der Waals surface area contributed by atoms with E-state index in [4.69, 9.17) is 16.3 Å². The Hall–Kier alpha value is -2.25. The van der Waals surface area contributed by atoms with Gasteiger partial charge in [-0.2, -0.15) is 5.26 Å². The molecule has 0 fully saturated rings. The summed E-state index contributed by atoms with van der Waals surface area (Å²) in [5.41, 5.74) is 3.73. The Bertz CT molecular complexity index is 859. The van der Waals surface area contributed by atoms with E-state index < -0.39 is 0 Å². The number of benzene rings is 1. The Balaban J connectivity index is 2.18. The van der Waals surface area contributed by atoms with Gasteiger partial charge in [0.15, 0.2) is 5.78 Å². The van der Waals surface area contributed by atoms with Crippen molar-refractivity contribution < 1.29 is 9.53 Å². The molecule has 0 saturated carbocycles. The number of methoxy groups -OCH3 is 1. The van der Waals surface area contributed by atoms with E-state index in [0.717, 1.165) is 23.4 Å². The molecular weight excluding hydrogens is 336 g/mol. The smallest absolute Gasteiger partial charge is 0.162 e. The summed E-state index contributed by atoms with van der Waals surface area (Å²) in [4.78, 5) is 12.9. The van der Waals surface area contributed by atoms with Crippen molar-refractivity contribution in [1.82, 2.24) is 5.32 Å². The maximum Gasteiger partial charge on any atom is 0.162 e. The first-order valence-electron chi connectivity index (χ1n) is 8.25. The molecule has 130 valence electrons. The Morgan fingerprint density at radius 3 is 2.68 bits per heavy atom. The third-order valence-corrected chi connectivity index (χ3v) is 5.16. The zero-order valence-corrected chi connectivity index (χ0v) is 15.6. The van der Waals surface area contributed by atoms with Crippen LogP contribution in [0.3, 0.4) is 0 Å². The average Bonchev–Trinajstić information content (AvgIpc) is 2.52. The van der Waals surface area contributed by atoms with Gasteiger partial charge in [0.2, 0.25) is 0 Å². The summed E-state index contributed by atoms with van der Waals surface area (Å²) in [5, 5.41) is 13.5. The number of Topliss-reactive ketones (excluding diaryl/α,β-unsaturated/α-hetero) is 1. The van der Waals surface area contributed by atoms with Crippen LogP contribution in [0, 0.1) is 16.7 Å². The van der Waals surface area contributed by atoms with Crippen molar-refractivity contribution in [3.63, 3.8) is 0 Å². The first-order chi connectivity index (χ1) is 11.8. The number of nitrogens with one attached hydrogen (secondary N) is 1. The molecule has 4 nitrogen and oxygen atoms in total. The van der Waals surface area contributed by atoms with Gasteiger partial charge in [0.1, 0.15) is 5.75 Å². The lowest BCUT2D eigenvalue weighted by molar-refractivity contribution is -0.118. The zero-order chi connectivity index (χ0) is 18.4. The minimum atomic E-state index is -0.381. The van der Waals surface area contributed by atoms with Gasteiger partial charge < -0.3 is 10.1 Å². The lowest BCUT2D eigenvalue weighted by atomic mass is 9.69. The van der Waals surface area contributed by atoms with Crippen LogP contribution in [-0.4, -0.2) is 12.9 Å². The van der Waals surface area contributed by atoms with Gasteiger partial charge in [-0.1, -0.05) is 31.5 Å². The number of ketones is 1. The van der Waals surface area contributed by atoms with Gasteiger partial charge >= 0.3 is 0 Å². The monoisotopic (exact) mass is 356 g/mol. The molecule has 0 amide bonds. The van der Waals surface area contributed by atoms with Crippen LogP contribution in [0.5, 0.6) is 5.75 Å². The lowest BCUT2D eigenvalue weighted by Crippen LogP contribution is -2.36. The predicted molar refractivity (Wildman–Crippen MR) is 97.2 cm³/mol. The van der Waals surface area contributed by atoms with E-state index in [-0.39, 0.29) is 17.1 Å². The largest absolute Gasteiger partial charge is 0.495 e. The van der Waals surface area contributed by atoms with Crippen LogP contribution in [0.2, 0.25) is 5.02 Å². The van der Waals surface area contributed by atoms with Gasteiger partial charge in [-0.3, -0.25) is 4.79 Å². The highest BCUT2D eigenvalue weighted by atomic mass is 35.5. The predicted octanol–water partition coefficient (Wildman–Crippen LogP) is 4.48. The maximum atomic E-state index is 12.9. The van der Waals surface area contributed by atoms with E-state index in [9.17, 15) is 10.1 Å². The molecule has 0 saturated heterocycles. The highest BCUT2D eigenvalue weighted by Crippen LogP contribution is 2.47. The van der Waals surface area contributed by atoms with Crippen LogP contribution >= 0.6 is 11.6 Å². The molecule has 0 aromatic heterocycles. The molecule has 1 N–H and O–H groups in total. The Morgan fingerprint density at radius 2 is 2.08 bits per heavy atom. The molecule has 1 aliphatic carbocycles. The standard InChI is InChI=1S/C20H21ClN2O2/c1-11-13(10-22)18(12-5-6-17(25-4)14(21)7-12)19-15(23-11)8-20(2,3)9-16(19)24/h5-7,18,23H,8-9H2,1-4H3/t18-/m1/s1. The number of allylic oxidation sites excluding steroid dienone is 4. The lowest BCUT2D eigenvalue weighted by Gasteiger charge is -2.38. The summed E-state index contributed by atoms with van der Waals surface area (Å²) in [6.45, 7) is 6.06. The van der Waals surface area contributed by atoms with Gasteiger partial charge in [0.05, 0.1) is 29.7 Å². The van der Waals surface area contributed by atoms with Crippen molar-refractivity contribution in [3.8, 4) is 11.8 Å². The minimum absolute atomic E-state index is 0.0879. The number of carbonyl (C=O) groups is 1. The number of nitriles is 1. The summed E-state index contributed by atoms with van der Waals surface area (Å²) < 4.78 is 5.22. The van der Waals surface area contributed by atoms with Crippen LogP contribution < -0.4 is 10.1 Å². The Morgan fingerprint density at radius 1 is 1.36 bits per heavy atom. The van der Waals surface area contributed by atoms with Crippen LogP contribution in [0.4, 0.5) is 0 Å². The van der Waals surface area contributed by atoms with Crippen LogP contribution in [0.1, 0.15) is 45.1 Å². The molecule has 1 aromatic carbocycles. The molecule has 3 rings (SSSR count). The second kappa shape index (κ2) is 6.24. The second-order valence-electron chi connectivity index (χ2n) is 7.44. The molecule has 0 radical (unpaired) electrons. The van der Waals surface area contributed by atoms with Crippen molar-refractivity contribution in [1.29, 1.82) is 5.26 Å². The van der Waals surface area contributed by atoms with Crippen molar-refractivity contribution in [2.45, 2.75) is 39.5 Å². The van der Waals surface area contributed by atoms with E-state index in [1.54, 1.807) is 19.2 Å². The van der Waals surface area contributed by atoms with E-state index in [0.29, 0.717) is 28.3 Å². The number of nitrogens with zero attached hydrogens (tertiary/aromatic N) is 1. The molecular formula is C20H21ClN2O2. The highest BCUT2D eigenvalue weighted by molar-refractivity contribution is 6.32. The number of carbonyl (C=O) groups excluding carboxylic acids is 1. The van der Waals surface area contributed by atoms with Crippen molar-refractivity contribution >= 4 is 17.4 Å². The maximum absolute atomic E-state index is 12.9. The molecule has 2 aliphatic rings. The molecule has 1 aliphatic heterocycles. The van der Waals surface area contributed by atoms with Crippen LogP contribution in [-0.2, 0) is 4.79 Å². The third kappa shape index (κ3) is 3.05. The fraction of sp³-hybridized carbons (Fsp3) is 0.400. The molecule has 1 heterocycles. The van der Waals surface area contributed by atoms with Gasteiger partial charge in [-0.15, -0.1) is 0 Å². The van der Waals surface area contributed by atoms with Crippen LogP contribution in [0.15, 0.2) is 40.7 Å². The SMILES string of the molecule is COc1ccc([C@@H]2C(C#N)=C(C)NC3=C2C(=O)CC(C)(C)C3)cc1Cl. The number of hydrogen-bond donors (Lipinski definition) is 1. The first-order valence-corrected chi connectivity index (χ1v) is 8.63. The number of ether oxygens (including phenoxy) is 1. The molecule has 1 aromatic rings. The fourth-order valence-electron chi connectivity index (χ4n) is 3.78. The van der Waals surface area contributed by atoms with Gasteiger partial charge in [-0.05, 0) is 36.5 Å². The van der Waals surface area contributed by atoms with Crippen molar-refractivity contribution in [2.24, 2.45) is 5.41 Å². The van der Waals surface area contributed by atoms with Crippen molar-refractivity contribution in [3.05, 3.63) is 51.3 Å². The van der Waals surface area contributed by atoms with E-state index in [1.807, 2.05) is 13.0 Å². The summed E-state index contributed by atoms with van der Waals surface area (Å²) in [7, 11) is 1.56. The Labute approximate surface area is 153 Å². The number of halogens is 1. The van der Waals surface area contributed by atoms with E-state index >= 15 is 0 Å². The molecule has 0 spiro atoms. The average molecular weight is 357 g/mol. The first kappa shape index (κ1) is 17.6. The third-order valence-electron chi connectivity index (χ3n) is 4.87. The highest BCUT2D eigenvalue weighted by Gasteiger charge is 2.41. The van der Waals surface area contributed by atoms with Gasteiger partial charge in [0.25, 0.3) is 0 Å². The molecule has 0 unspecified atom stereocenters. The molecule has 1 atom stereocenters. The van der Waals surface area contributed by atoms with Gasteiger partial charge in [0, 0.05) is 23.4 Å². The molecule has 5 heteroatoms. The zero-order valence-electron chi connectivity index (χ0n) is 14.9. The molecule has 0 bridgehead atoms. The second-order valence-corrected chi connectivity index (χ2v) is 7.84. The summed E-state index contributed by atoms with van der Waals surface area (Å²) in [6, 6.07) is 7.73. The molecule has 25 heavy (non-hydrogen) atoms. The summed E-state index contributed by atoms with van der Waals surface area (Å²) >= 11 is 6.29. The number of rotatable bonds is 2. The van der Waals surface area contributed by atoms with Crippen LogP contribution in [0.25, 0.3) is 0 Å². The quantitative estimate of drug-likeness (QED) is 0.848. The van der Waals surface area contributed by atoms with Crippen molar-refractivity contribution in [2.75, 3.05) is 7.11 Å². The fourth-order valence-corrected chi connectivity index (χ4v) is 4.05.